The molecule has 0 radical (unpaired) electrons. The first-order chi connectivity index (χ1) is 13.6. The minimum atomic E-state index is 0.178. The Labute approximate surface area is 166 Å². The zero-order chi connectivity index (χ0) is 19.3. The number of carbonyl (C=O) groups is 1. The number of rotatable bonds is 5. The van der Waals surface area contributed by atoms with Crippen LogP contribution in [0.4, 0.5) is 0 Å². The quantitative estimate of drug-likeness (QED) is 0.518. The van der Waals surface area contributed by atoms with Gasteiger partial charge < -0.3 is 4.90 Å². The van der Waals surface area contributed by atoms with Gasteiger partial charge in [0, 0.05) is 28.3 Å². The smallest absolute Gasteiger partial charge is 0.226 e. The molecule has 4 aromatic rings. The Kier molecular flexibility index (Phi) is 4.12. The molecule has 6 nitrogen and oxygen atoms in total. The van der Waals surface area contributed by atoms with Crippen LogP contribution in [0.2, 0.25) is 0 Å². The van der Waals surface area contributed by atoms with Crippen LogP contribution in [0.3, 0.4) is 0 Å². The molecular formula is C21H21N5OS. The Bertz CT molecular complexity index is 1180. The van der Waals surface area contributed by atoms with Crippen LogP contribution in [-0.2, 0) is 17.9 Å². The van der Waals surface area contributed by atoms with Gasteiger partial charge in [0.15, 0.2) is 5.65 Å². The number of amides is 1. The first-order valence-corrected chi connectivity index (χ1v) is 10.4. The maximum atomic E-state index is 13.0. The van der Waals surface area contributed by atoms with Gasteiger partial charge in [0.2, 0.25) is 5.91 Å². The Morgan fingerprint density at radius 1 is 1.25 bits per heavy atom. The number of hydrogen-bond donors (Lipinski definition) is 0. The molecule has 1 aliphatic rings. The van der Waals surface area contributed by atoms with Gasteiger partial charge in [-0.25, -0.2) is 0 Å². The van der Waals surface area contributed by atoms with Gasteiger partial charge in [0.25, 0.3) is 0 Å². The first kappa shape index (κ1) is 17.3. The molecule has 5 rings (SSSR count). The number of tetrazole rings is 1. The molecule has 3 aromatic heterocycles. The van der Waals surface area contributed by atoms with Gasteiger partial charge >= 0.3 is 0 Å². The standard InChI is InChI=1S/C21H21N5OS/c1-13-8-14(2)18-10-16(20-22-23-24-26(20)19(18)9-13)11-25(21(27)15-5-6-15)12-17-4-3-7-28-17/h3-4,7-10,15H,5-6,11-12H2,1-2H3. The van der Waals surface area contributed by atoms with Crippen LogP contribution in [-0.4, -0.2) is 30.8 Å². The fourth-order valence-corrected chi connectivity index (χ4v) is 4.54. The highest BCUT2D eigenvalue weighted by Gasteiger charge is 2.34. The number of fused-ring (bicyclic) bond motifs is 3. The van der Waals surface area contributed by atoms with E-state index in [-0.39, 0.29) is 11.8 Å². The summed E-state index contributed by atoms with van der Waals surface area (Å²) in [7, 11) is 0. The SMILES string of the molecule is Cc1cc(C)c2cc(CN(Cc3cccs3)C(=O)C3CC3)c3nnnn3c2c1. The zero-order valence-electron chi connectivity index (χ0n) is 15.9. The minimum absolute atomic E-state index is 0.178. The van der Waals surface area contributed by atoms with E-state index in [1.807, 2.05) is 11.0 Å². The van der Waals surface area contributed by atoms with E-state index in [4.69, 9.17) is 0 Å². The van der Waals surface area contributed by atoms with Crippen LogP contribution in [0.25, 0.3) is 16.6 Å². The topological polar surface area (TPSA) is 63.4 Å². The first-order valence-electron chi connectivity index (χ1n) is 9.52. The van der Waals surface area contributed by atoms with Gasteiger partial charge in [0.1, 0.15) is 0 Å². The fourth-order valence-electron chi connectivity index (χ4n) is 3.82. The molecule has 1 aliphatic carbocycles. The van der Waals surface area contributed by atoms with Crippen molar-refractivity contribution in [3.8, 4) is 0 Å². The molecule has 0 N–H and O–H groups in total. The zero-order valence-corrected chi connectivity index (χ0v) is 16.7. The molecule has 142 valence electrons. The van der Waals surface area contributed by atoms with Crippen molar-refractivity contribution in [2.45, 2.75) is 39.8 Å². The van der Waals surface area contributed by atoms with E-state index in [9.17, 15) is 4.79 Å². The molecule has 0 bridgehead atoms. The molecular weight excluding hydrogens is 370 g/mol. The van der Waals surface area contributed by atoms with Crippen LogP contribution in [0.5, 0.6) is 0 Å². The summed E-state index contributed by atoms with van der Waals surface area (Å²) in [5.74, 6) is 0.413. The van der Waals surface area contributed by atoms with Gasteiger partial charge in [-0.2, -0.15) is 4.52 Å². The molecule has 1 saturated carbocycles. The number of aromatic nitrogens is 4. The Morgan fingerprint density at radius 2 is 2.11 bits per heavy atom. The summed E-state index contributed by atoms with van der Waals surface area (Å²) in [6.07, 6.45) is 2.00. The molecule has 1 amide bonds. The van der Waals surface area contributed by atoms with Crippen LogP contribution < -0.4 is 0 Å². The summed E-state index contributed by atoms with van der Waals surface area (Å²) in [6, 6.07) is 10.5. The van der Waals surface area contributed by atoms with E-state index in [0.29, 0.717) is 13.1 Å². The highest BCUT2D eigenvalue weighted by molar-refractivity contribution is 7.09. The third-order valence-electron chi connectivity index (χ3n) is 5.34. The molecule has 0 atom stereocenters. The maximum Gasteiger partial charge on any atom is 0.226 e. The van der Waals surface area contributed by atoms with E-state index in [0.717, 1.165) is 35.0 Å². The maximum absolute atomic E-state index is 13.0. The van der Waals surface area contributed by atoms with Crippen molar-refractivity contribution in [1.82, 2.24) is 24.9 Å². The predicted molar refractivity (Wildman–Crippen MR) is 109 cm³/mol. The molecule has 0 spiro atoms. The van der Waals surface area contributed by atoms with Crippen LogP contribution in [0.1, 0.15) is 34.4 Å². The van der Waals surface area contributed by atoms with Crippen molar-refractivity contribution in [2.24, 2.45) is 5.92 Å². The number of pyridine rings is 1. The highest BCUT2D eigenvalue weighted by Crippen LogP contribution is 2.33. The summed E-state index contributed by atoms with van der Waals surface area (Å²) in [5, 5.41) is 15.6. The van der Waals surface area contributed by atoms with E-state index in [1.165, 1.54) is 16.0 Å². The Balaban J connectivity index is 1.59. The summed E-state index contributed by atoms with van der Waals surface area (Å²) in [5.41, 5.74) is 5.07. The van der Waals surface area contributed by atoms with Gasteiger partial charge in [0.05, 0.1) is 12.1 Å². The minimum Gasteiger partial charge on any atom is -0.333 e. The van der Waals surface area contributed by atoms with E-state index >= 15 is 0 Å². The van der Waals surface area contributed by atoms with Gasteiger partial charge in [-0.15, -0.1) is 16.4 Å². The number of carbonyl (C=O) groups excluding carboxylic acids is 1. The van der Waals surface area contributed by atoms with Crippen molar-refractivity contribution in [3.63, 3.8) is 0 Å². The number of aryl methyl sites for hydroxylation is 2. The van der Waals surface area contributed by atoms with Crippen molar-refractivity contribution >= 4 is 33.8 Å². The third kappa shape index (κ3) is 3.05. The number of thiophene rings is 1. The Hall–Kier alpha value is -2.80. The lowest BCUT2D eigenvalue weighted by molar-refractivity contribution is -0.133. The molecule has 0 aliphatic heterocycles. The van der Waals surface area contributed by atoms with E-state index in [1.54, 1.807) is 15.9 Å². The fraction of sp³-hybridized carbons (Fsp3) is 0.333. The summed E-state index contributed by atoms with van der Waals surface area (Å²) in [4.78, 5) is 16.1. The normalized spacial score (nSPS) is 14.1. The second-order valence-electron chi connectivity index (χ2n) is 7.65. The van der Waals surface area contributed by atoms with Crippen molar-refractivity contribution in [2.75, 3.05) is 0 Å². The summed E-state index contributed by atoms with van der Waals surface area (Å²) in [6.45, 7) is 5.33. The lowest BCUT2D eigenvalue weighted by Crippen LogP contribution is -2.31. The van der Waals surface area contributed by atoms with Crippen molar-refractivity contribution in [1.29, 1.82) is 0 Å². The molecule has 28 heavy (non-hydrogen) atoms. The highest BCUT2D eigenvalue weighted by atomic mass is 32.1. The van der Waals surface area contributed by atoms with E-state index < -0.39 is 0 Å². The van der Waals surface area contributed by atoms with E-state index in [2.05, 4.69) is 59.0 Å². The van der Waals surface area contributed by atoms with Gasteiger partial charge in [-0.05, 0) is 71.8 Å². The van der Waals surface area contributed by atoms with Crippen LogP contribution in [0, 0.1) is 19.8 Å². The second kappa shape index (κ2) is 6.67. The molecule has 1 aromatic carbocycles. The van der Waals surface area contributed by atoms with Crippen LogP contribution in [0.15, 0.2) is 35.7 Å². The van der Waals surface area contributed by atoms with Crippen LogP contribution >= 0.6 is 11.3 Å². The monoisotopic (exact) mass is 391 g/mol. The molecule has 3 heterocycles. The number of benzene rings is 1. The third-order valence-corrected chi connectivity index (χ3v) is 6.20. The Morgan fingerprint density at radius 3 is 2.86 bits per heavy atom. The van der Waals surface area contributed by atoms with Crippen molar-refractivity contribution < 1.29 is 4.79 Å². The largest absolute Gasteiger partial charge is 0.333 e. The van der Waals surface area contributed by atoms with Crippen molar-refractivity contribution in [3.05, 3.63) is 57.3 Å². The van der Waals surface area contributed by atoms with Gasteiger partial charge in [-0.1, -0.05) is 12.1 Å². The summed E-state index contributed by atoms with van der Waals surface area (Å²) < 4.78 is 1.80. The average molecular weight is 392 g/mol. The summed E-state index contributed by atoms with van der Waals surface area (Å²) >= 11 is 1.68. The lowest BCUT2D eigenvalue weighted by atomic mass is 10.0. The molecule has 7 heteroatoms. The molecule has 0 unspecified atom stereocenters. The average Bonchev–Trinajstić information content (AvgIpc) is 3.16. The molecule has 0 saturated heterocycles. The number of hydrogen-bond acceptors (Lipinski definition) is 5. The van der Waals surface area contributed by atoms with Gasteiger partial charge in [-0.3, -0.25) is 4.79 Å². The second-order valence-corrected chi connectivity index (χ2v) is 8.68. The number of nitrogens with zero attached hydrogens (tertiary/aromatic N) is 5. The predicted octanol–water partition coefficient (Wildman–Crippen LogP) is 3.89. The lowest BCUT2D eigenvalue weighted by Gasteiger charge is -2.23. The molecule has 1 fully saturated rings.